The molecule has 3 N–H and O–H groups in total. The molecule has 3 amide bonds. The molecule has 4 heterocycles. The Kier molecular flexibility index (Phi) is 7.02. The Bertz CT molecular complexity index is 1390. The lowest BCUT2D eigenvalue weighted by atomic mass is 9.89. The van der Waals surface area contributed by atoms with Crippen LogP contribution in [0.5, 0.6) is 5.88 Å². The standard InChI is InChI=1S/C27H33N7O4/c1-16-4-7-23(17-5-6-22-18(10-17)14-34(31-22)20-8-9-32(2)15-20)33(13-16)27(37)25(36)30-19-11-21(24(28)35)26(38-3)29-12-19/h5-6,10-12,14,16,20,23H,4,7-9,13,15H2,1-3H3,(H2,28,35)(H,30,36). The predicted octanol–water partition coefficient (Wildman–Crippen LogP) is 2.35. The summed E-state index contributed by atoms with van der Waals surface area (Å²) in [5.74, 6) is -1.88. The van der Waals surface area contributed by atoms with Crippen LogP contribution < -0.4 is 15.8 Å². The molecular weight excluding hydrogens is 486 g/mol. The lowest BCUT2D eigenvalue weighted by molar-refractivity contribution is -0.146. The van der Waals surface area contributed by atoms with Crippen molar-refractivity contribution in [1.29, 1.82) is 0 Å². The minimum atomic E-state index is -0.800. The highest BCUT2D eigenvalue weighted by Gasteiger charge is 2.34. The van der Waals surface area contributed by atoms with Gasteiger partial charge in [-0.25, -0.2) is 4.98 Å². The van der Waals surface area contributed by atoms with Gasteiger partial charge in [-0.3, -0.25) is 19.1 Å². The van der Waals surface area contributed by atoms with Gasteiger partial charge in [-0.1, -0.05) is 13.0 Å². The van der Waals surface area contributed by atoms with Gasteiger partial charge in [0, 0.05) is 24.7 Å². The number of fused-ring (bicyclic) bond motifs is 1. The number of amides is 3. The van der Waals surface area contributed by atoms with Gasteiger partial charge in [0.2, 0.25) is 5.88 Å². The van der Waals surface area contributed by atoms with Crippen molar-refractivity contribution in [3.05, 3.63) is 47.8 Å². The van der Waals surface area contributed by atoms with Gasteiger partial charge >= 0.3 is 11.8 Å². The number of nitrogens with one attached hydrogen (secondary N) is 1. The fraction of sp³-hybridized carbons (Fsp3) is 0.444. The van der Waals surface area contributed by atoms with Crippen LogP contribution in [0, 0.1) is 5.92 Å². The number of piperidine rings is 1. The SMILES string of the molecule is COc1ncc(NC(=O)C(=O)N2CC(C)CCC2c2ccc3nn(C4CCN(C)C4)cc3c2)cc1C(N)=O. The quantitative estimate of drug-likeness (QED) is 0.494. The molecule has 0 spiro atoms. The molecule has 11 heteroatoms. The first-order valence-electron chi connectivity index (χ1n) is 12.9. The Hall–Kier alpha value is -3.99. The van der Waals surface area contributed by atoms with Crippen molar-refractivity contribution in [3.8, 4) is 5.88 Å². The van der Waals surface area contributed by atoms with Crippen LogP contribution >= 0.6 is 0 Å². The summed E-state index contributed by atoms with van der Waals surface area (Å²) in [6.45, 7) is 4.58. The van der Waals surface area contributed by atoms with Crippen molar-refractivity contribution in [2.45, 2.75) is 38.3 Å². The lowest BCUT2D eigenvalue weighted by Gasteiger charge is -2.38. The summed E-state index contributed by atoms with van der Waals surface area (Å²) in [6.07, 6.45) is 6.18. The Morgan fingerprint density at radius 3 is 2.66 bits per heavy atom. The summed E-state index contributed by atoms with van der Waals surface area (Å²) in [7, 11) is 3.48. The van der Waals surface area contributed by atoms with E-state index in [4.69, 9.17) is 15.6 Å². The number of likely N-dealkylation sites (tertiary alicyclic amines) is 2. The number of methoxy groups -OCH3 is 1. The zero-order valence-electron chi connectivity index (χ0n) is 21.9. The molecule has 2 aliphatic heterocycles. The first-order valence-corrected chi connectivity index (χ1v) is 12.9. The van der Waals surface area contributed by atoms with E-state index in [2.05, 4.69) is 46.1 Å². The molecule has 0 bridgehead atoms. The van der Waals surface area contributed by atoms with Gasteiger partial charge in [-0.2, -0.15) is 5.10 Å². The molecule has 200 valence electrons. The minimum Gasteiger partial charge on any atom is -0.480 e. The first-order chi connectivity index (χ1) is 18.2. The third-order valence-electron chi connectivity index (χ3n) is 7.51. The number of carbonyl (C=O) groups excluding carboxylic acids is 3. The minimum absolute atomic E-state index is 0.0142. The number of aromatic nitrogens is 3. The van der Waals surface area contributed by atoms with E-state index < -0.39 is 17.7 Å². The Balaban J connectivity index is 1.37. The zero-order valence-corrected chi connectivity index (χ0v) is 21.9. The van der Waals surface area contributed by atoms with E-state index in [0.717, 1.165) is 48.8 Å². The van der Waals surface area contributed by atoms with Crippen LogP contribution in [-0.4, -0.2) is 76.1 Å². The summed E-state index contributed by atoms with van der Waals surface area (Å²) in [5.41, 5.74) is 7.49. The molecule has 0 saturated carbocycles. The molecule has 2 aromatic heterocycles. The van der Waals surface area contributed by atoms with Crippen molar-refractivity contribution in [2.75, 3.05) is 39.1 Å². The topological polar surface area (TPSA) is 136 Å². The maximum Gasteiger partial charge on any atom is 0.313 e. The number of ether oxygens (including phenoxy) is 1. The number of nitrogens with zero attached hydrogens (tertiary/aromatic N) is 5. The summed E-state index contributed by atoms with van der Waals surface area (Å²) < 4.78 is 7.10. The van der Waals surface area contributed by atoms with E-state index >= 15 is 0 Å². The van der Waals surface area contributed by atoms with E-state index in [1.165, 1.54) is 19.4 Å². The van der Waals surface area contributed by atoms with Crippen molar-refractivity contribution in [2.24, 2.45) is 11.7 Å². The number of hydrogen-bond acceptors (Lipinski definition) is 7. The van der Waals surface area contributed by atoms with Crippen molar-refractivity contribution in [1.82, 2.24) is 24.6 Å². The smallest absolute Gasteiger partial charge is 0.313 e. The zero-order chi connectivity index (χ0) is 27.0. The number of primary amides is 1. The predicted molar refractivity (Wildman–Crippen MR) is 142 cm³/mol. The molecule has 3 unspecified atom stereocenters. The Labute approximate surface area is 220 Å². The fourth-order valence-corrected chi connectivity index (χ4v) is 5.48. The highest BCUT2D eigenvalue weighted by Crippen LogP contribution is 2.35. The van der Waals surface area contributed by atoms with Crippen LogP contribution in [0.2, 0.25) is 0 Å². The molecule has 3 atom stereocenters. The van der Waals surface area contributed by atoms with E-state index in [1.807, 2.05) is 12.1 Å². The molecule has 2 fully saturated rings. The molecule has 2 saturated heterocycles. The second kappa shape index (κ2) is 10.4. The van der Waals surface area contributed by atoms with E-state index in [0.29, 0.717) is 12.6 Å². The summed E-state index contributed by atoms with van der Waals surface area (Å²) in [4.78, 5) is 46.1. The fourth-order valence-electron chi connectivity index (χ4n) is 5.48. The molecule has 3 aromatic rings. The summed E-state index contributed by atoms with van der Waals surface area (Å²) >= 11 is 0. The van der Waals surface area contributed by atoms with Crippen molar-refractivity contribution in [3.63, 3.8) is 0 Å². The molecule has 38 heavy (non-hydrogen) atoms. The van der Waals surface area contributed by atoms with Gasteiger partial charge in [-0.15, -0.1) is 0 Å². The normalized spacial score (nSPS) is 22.0. The monoisotopic (exact) mass is 519 g/mol. The van der Waals surface area contributed by atoms with E-state index in [1.54, 1.807) is 4.90 Å². The van der Waals surface area contributed by atoms with Gasteiger partial charge in [0.1, 0.15) is 5.56 Å². The largest absolute Gasteiger partial charge is 0.480 e. The summed E-state index contributed by atoms with van der Waals surface area (Å²) in [5, 5.41) is 8.38. The van der Waals surface area contributed by atoms with Crippen LogP contribution in [0.4, 0.5) is 5.69 Å². The number of anilines is 1. The maximum absolute atomic E-state index is 13.4. The highest BCUT2D eigenvalue weighted by atomic mass is 16.5. The molecule has 1 aromatic carbocycles. The number of carbonyl (C=O) groups is 3. The lowest BCUT2D eigenvalue weighted by Crippen LogP contribution is -2.46. The van der Waals surface area contributed by atoms with Crippen LogP contribution in [-0.2, 0) is 9.59 Å². The Morgan fingerprint density at radius 2 is 1.95 bits per heavy atom. The number of benzene rings is 1. The number of pyridine rings is 1. The number of rotatable bonds is 5. The summed E-state index contributed by atoms with van der Waals surface area (Å²) in [6, 6.07) is 7.56. The van der Waals surface area contributed by atoms with E-state index in [9.17, 15) is 14.4 Å². The number of nitrogens with two attached hydrogens (primary N) is 1. The van der Waals surface area contributed by atoms with Crippen LogP contribution in [0.25, 0.3) is 10.9 Å². The van der Waals surface area contributed by atoms with Crippen LogP contribution in [0.15, 0.2) is 36.7 Å². The van der Waals surface area contributed by atoms with Crippen LogP contribution in [0.3, 0.4) is 0 Å². The third-order valence-corrected chi connectivity index (χ3v) is 7.51. The molecule has 0 radical (unpaired) electrons. The molecular formula is C27H33N7O4. The maximum atomic E-state index is 13.4. The van der Waals surface area contributed by atoms with Gasteiger partial charge in [0.25, 0.3) is 5.91 Å². The first kappa shape index (κ1) is 25.7. The highest BCUT2D eigenvalue weighted by molar-refractivity contribution is 6.39. The number of likely N-dealkylation sites (N-methyl/N-ethyl adjacent to an activating group) is 1. The van der Waals surface area contributed by atoms with Crippen molar-refractivity contribution < 1.29 is 19.1 Å². The third kappa shape index (κ3) is 5.06. The van der Waals surface area contributed by atoms with Crippen molar-refractivity contribution >= 4 is 34.3 Å². The number of hydrogen-bond donors (Lipinski definition) is 2. The molecule has 5 rings (SSSR count). The Morgan fingerprint density at radius 1 is 1.13 bits per heavy atom. The molecule has 11 nitrogen and oxygen atoms in total. The van der Waals surface area contributed by atoms with Gasteiger partial charge in [0.15, 0.2) is 0 Å². The van der Waals surface area contributed by atoms with E-state index in [-0.39, 0.29) is 29.1 Å². The van der Waals surface area contributed by atoms with Gasteiger partial charge in [-0.05, 0) is 62.5 Å². The second-order valence-electron chi connectivity index (χ2n) is 10.4. The van der Waals surface area contributed by atoms with Gasteiger partial charge < -0.3 is 25.6 Å². The van der Waals surface area contributed by atoms with Crippen LogP contribution in [0.1, 0.15) is 54.2 Å². The molecule has 2 aliphatic rings. The average molecular weight is 520 g/mol. The second-order valence-corrected chi connectivity index (χ2v) is 10.4. The van der Waals surface area contributed by atoms with Gasteiger partial charge in [0.05, 0.1) is 36.6 Å². The average Bonchev–Trinajstić information content (AvgIpc) is 3.53. The molecule has 0 aliphatic carbocycles.